The van der Waals surface area contributed by atoms with E-state index >= 15 is 0 Å². The highest BCUT2D eigenvalue weighted by Crippen LogP contribution is 2.24. The predicted molar refractivity (Wildman–Crippen MR) is 89.4 cm³/mol. The monoisotopic (exact) mass is 338 g/mol. The molecule has 0 spiro atoms. The van der Waals surface area contributed by atoms with Crippen LogP contribution in [0.2, 0.25) is 5.02 Å². The van der Waals surface area contributed by atoms with Gasteiger partial charge >= 0.3 is 12.0 Å². The van der Waals surface area contributed by atoms with Gasteiger partial charge in [-0.1, -0.05) is 36.7 Å². The summed E-state index contributed by atoms with van der Waals surface area (Å²) < 4.78 is 4.81. The Hall–Kier alpha value is -1.75. The number of piperidine rings is 1. The van der Waals surface area contributed by atoms with Gasteiger partial charge in [0.25, 0.3) is 0 Å². The van der Waals surface area contributed by atoms with Crippen molar-refractivity contribution in [3.8, 4) is 0 Å². The van der Waals surface area contributed by atoms with E-state index in [2.05, 4.69) is 5.32 Å². The number of hydrogen-bond donors (Lipinski definition) is 1. The lowest BCUT2D eigenvalue weighted by molar-refractivity contribution is -0.148. The van der Waals surface area contributed by atoms with Crippen molar-refractivity contribution in [1.29, 1.82) is 0 Å². The van der Waals surface area contributed by atoms with E-state index in [9.17, 15) is 9.59 Å². The Morgan fingerprint density at radius 1 is 1.39 bits per heavy atom. The molecule has 1 heterocycles. The first-order chi connectivity index (χ1) is 11.0. The smallest absolute Gasteiger partial charge is 0.317 e. The minimum Gasteiger partial charge on any atom is -0.469 e. The van der Waals surface area contributed by atoms with Gasteiger partial charge in [0.15, 0.2) is 0 Å². The van der Waals surface area contributed by atoms with Crippen molar-refractivity contribution in [3.05, 3.63) is 34.9 Å². The zero-order chi connectivity index (χ0) is 16.8. The van der Waals surface area contributed by atoms with Gasteiger partial charge in [-0.2, -0.15) is 0 Å². The van der Waals surface area contributed by atoms with Gasteiger partial charge in [-0.05, 0) is 30.4 Å². The molecule has 1 aliphatic heterocycles. The summed E-state index contributed by atoms with van der Waals surface area (Å²) in [7, 11) is 1.41. The van der Waals surface area contributed by atoms with Crippen molar-refractivity contribution >= 4 is 23.6 Å². The minimum absolute atomic E-state index is 0.0905. The van der Waals surface area contributed by atoms with Gasteiger partial charge < -0.3 is 15.0 Å². The summed E-state index contributed by atoms with van der Waals surface area (Å²) in [6.07, 6.45) is 1.34. The highest BCUT2D eigenvalue weighted by Gasteiger charge is 2.33. The van der Waals surface area contributed by atoms with E-state index in [1.165, 1.54) is 7.11 Å². The number of urea groups is 1. The van der Waals surface area contributed by atoms with Crippen LogP contribution in [-0.4, -0.2) is 43.6 Å². The third-order valence-electron chi connectivity index (χ3n) is 4.32. The van der Waals surface area contributed by atoms with Gasteiger partial charge in [-0.25, -0.2) is 4.79 Å². The first-order valence-electron chi connectivity index (χ1n) is 7.87. The van der Waals surface area contributed by atoms with Crippen LogP contribution < -0.4 is 5.32 Å². The number of halogens is 1. The van der Waals surface area contributed by atoms with Crippen molar-refractivity contribution in [2.24, 2.45) is 11.8 Å². The Morgan fingerprint density at radius 3 is 2.78 bits per heavy atom. The van der Waals surface area contributed by atoms with E-state index in [4.69, 9.17) is 16.3 Å². The largest absolute Gasteiger partial charge is 0.469 e. The van der Waals surface area contributed by atoms with E-state index in [-0.39, 0.29) is 23.8 Å². The molecule has 0 radical (unpaired) electrons. The number of nitrogens with zero attached hydrogens (tertiary/aromatic N) is 1. The van der Waals surface area contributed by atoms with E-state index in [1.807, 2.05) is 31.2 Å². The number of amides is 2. The Kier molecular flexibility index (Phi) is 6.28. The number of ether oxygens (including phenoxy) is 1. The van der Waals surface area contributed by atoms with Crippen molar-refractivity contribution in [1.82, 2.24) is 10.2 Å². The van der Waals surface area contributed by atoms with Gasteiger partial charge in [0.2, 0.25) is 0 Å². The molecule has 1 saturated heterocycles. The number of esters is 1. The Labute approximate surface area is 141 Å². The van der Waals surface area contributed by atoms with Crippen LogP contribution in [0.25, 0.3) is 0 Å². The molecular formula is C17H23ClN2O3. The number of nitrogens with one attached hydrogen (secondary N) is 1. The first-order valence-corrected chi connectivity index (χ1v) is 8.24. The number of likely N-dealkylation sites (tertiary alicyclic amines) is 1. The first kappa shape index (κ1) is 17.6. The Bertz CT molecular complexity index is 565. The lowest BCUT2D eigenvalue weighted by Crippen LogP contribution is -2.49. The second kappa shape index (κ2) is 8.20. The van der Waals surface area contributed by atoms with Crippen molar-refractivity contribution in [2.45, 2.75) is 19.8 Å². The second-order valence-electron chi connectivity index (χ2n) is 5.91. The fourth-order valence-electron chi connectivity index (χ4n) is 2.95. The van der Waals surface area contributed by atoms with Gasteiger partial charge in [0.05, 0.1) is 13.0 Å². The molecule has 1 N–H and O–H groups in total. The number of rotatable bonds is 4. The highest BCUT2D eigenvalue weighted by atomic mass is 35.5. The summed E-state index contributed by atoms with van der Waals surface area (Å²) in [5.74, 6) is -0.200. The fraction of sp³-hybridized carbons (Fsp3) is 0.529. The standard InChI is InChI=1S/C17H23ClN2O3/c1-12-11-20(10-8-14(12)16(21)23-2)17(22)19-9-7-13-5-3-4-6-15(13)18/h3-6,12,14H,7-11H2,1-2H3,(H,19,22)/t12-,14+/m0/s1. The molecule has 23 heavy (non-hydrogen) atoms. The van der Waals surface area contributed by atoms with Crippen molar-refractivity contribution in [2.75, 3.05) is 26.7 Å². The quantitative estimate of drug-likeness (QED) is 0.859. The molecule has 1 fully saturated rings. The molecule has 2 amide bonds. The predicted octanol–water partition coefficient (Wildman–Crippen LogP) is 2.72. The normalized spacial score (nSPS) is 20.9. The van der Waals surface area contributed by atoms with Gasteiger partial charge in [0.1, 0.15) is 0 Å². The second-order valence-corrected chi connectivity index (χ2v) is 6.32. The minimum atomic E-state index is -0.184. The molecule has 1 aliphatic rings. The Morgan fingerprint density at radius 2 is 2.13 bits per heavy atom. The lowest BCUT2D eigenvalue weighted by Gasteiger charge is -2.35. The van der Waals surface area contributed by atoms with Crippen LogP contribution in [0.1, 0.15) is 18.9 Å². The van der Waals surface area contributed by atoms with Crippen LogP contribution in [0.4, 0.5) is 4.79 Å². The zero-order valence-electron chi connectivity index (χ0n) is 13.5. The highest BCUT2D eigenvalue weighted by molar-refractivity contribution is 6.31. The molecule has 6 heteroatoms. The maximum absolute atomic E-state index is 12.2. The maximum Gasteiger partial charge on any atom is 0.317 e. The molecule has 126 valence electrons. The number of benzene rings is 1. The third kappa shape index (κ3) is 4.61. The van der Waals surface area contributed by atoms with Gasteiger partial charge in [0, 0.05) is 24.7 Å². The molecule has 0 aromatic heterocycles. The van der Waals surface area contributed by atoms with Crippen molar-refractivity contribution in [3.63, 3.8) is 0 Å². The Balaban J connectivity index is 1.79. The van der Waals surface area contributed by atoms with Crippen LogP contribution in [0.15, 0.2) is 24.3 Å². The summed E-state index contributed by atoms with van der Waals surface area (Å²) in [4.78, 5) is 25.7. The van der Waals surface area contributed by atoms with E-state index in [1.54, 1.807) is 4.90 Å². The van der Waals surface area contributed by atoms with Crippen LogP contribution in [0.3, 0.4) is 0 Å². The third-order valence-corrected chi connectivity index (χ3v) is 4.69. The van der Waals surface area contributed by atoms with Crippen LogP contribution in [0.5, 0.6) is 0 Å². The van der Waals surface area contributed by atoms with E-state index in [0.717, 1.165) is 5.56 Å². The SMILES string of the molecule is COC(=O)[C@@H]1CCN(C(=O)NCCc2ccccc2Cl)C[C@@H]1C. The van der Waals surface area contributed by atoms with Gasteiger partial charge in [-0.15, -0.1) is 0 Å². The number of carbonyl (C=O) groups is 2. The summed E-state index contributed by atoms with van der Waals surface area (Å²) >= 11 is 6.10. The van der Waals surface area contributed by atoms with E-state index < -0.39 is 0 Å². The molecule has 0 saturated carbocycles. The number of methoxy groups -OCH3 is 1. The molecule has 0 bridgehead atoms. The average Bonchev–Trinajstić information content (AvgIpc) is 2.55. The van der Waals surface area contributed by atoms with Gasteiger partial charge in [-0.3, -0.25) is 4.79 Å². The zero-order valence-corrected chi connectivity index (χ0v) is 14.3. The lowest BCUT2D eigenvalue weighted by atomic mass is 9.87. The molecule has 0 aliphatic carbocycles. The molecule has 2 rings (SSSR count). The average molecular weight is 339 g/mol. The summed E-state index contributed by atoms with van der Waals surface area (Å²) in [6.45, 7) is 3.65. The topological polar surface area (TPSA) is 58.6 Å². The van der Waals surface area contributed by atoms with Crippen LogP contribution >= 0.6 is 11.6 Å². The molecule has 0 unspecified atom stereocenters. The summed E-state index contributed by atoms with van der Waals surface area (Å²) in [5.41, 5.74) is 1.02. The molecular weight excluding hydrogens is 316 g/mol. The molecule has 1 aromatic carbocycles. The maximum atomic E-state index is 12.2. The molecule has 2 atom stereocenters. The van der Waals surface area contributed by atoms with Crippen molar-refractivity contribution < 1.29 is 14.3 Å². The summed E-state index contributed by atoms with van der Waals surface area (Å²) in [5, 5.41) is 3.64. The van der Waals surface area contributed by atoms with E-state index in [0.29, 0.717) is 37.5 Å². The number of carbonyl (C=O) groups excluding carboxylic acids is 2. The molecule has 1 aromatic rings. The molecule has 5 nitrogen and oxygen atoms in total. The summed E-state index contributed by atoms with van der Waals surface area (Å²) in [6, 6.07) is 7.53. The fourth-order valence-corrected chi connectivity index (χ4v) is 3.18. The van der Waals surface area contributed by atoms with Crippen LogP contribution in [0, 0.1) is 11.8 Å². The number of hydrogen-bond acceptors (Lipinski definition) is 3. The van der Waals surface area contributed by atoms with Crippen LogP contribution in [-0.2, 0) is 16.0 Å².